The first kappa shape index (κ1) is 9.51. The molecule has 8 heavy (non-hydrogen) atoms. The van der Waals surface area contributed by atoms with Crippen LogP contribution in [-0.2, 0) is 9.53 Å². The molecule has 0 N–H and O–H groups in total. The second-order valence-corrected chi connectivity index (χ2v) is 0.919. The number of carbonyl (C=O) groups is 1. The fraction of sp³-hybridized carbons (Fsp3) is 0.400. The Morgan fingerprint density at radius 3 is 2.50 bits per heavy atom. The van der Waals surface area contributed by atoms with Crippen molar-refractivity contribution >= 4 is 5.97 Å². The summed E-state index contributed by atoms with van der Waals surface area (Å²) >= 11 is 0. The summed E-state index contributed by atoms with van der Waals surface area (Å²) in [5, 5.41) is 0. The molecular weight excluding hydrogens is 359 g/mol. The van der Waals surface area contributed by atoms with Crippen molar-refractivity contribution < 1.29 is 9.53 Å². The fourth-order valence-electron chi connectivity index (χ4n) is 0.190. The zero-order chi connectivity index (χ0) is 5.70. The van der Waals surface area contributed by atoms with E-state index >= 15 is 0 Å². The normalized spacial score (nSPS) is 6.62. The van der Waals surface area contributed by atoms with Crippen molar-refractivity contribution in [2.24, 2.45) is 0 Å². The molecule has 0 heterocycles. The Kier molecular flexibility index (Phi) is 6.19. The first-order valence-electron chi connectivity index (χ1n) is 2.03. The average molecular weight is 366 g/mol. The number of carbonyl (C=O) groups excluding carboxylic acids is 1. The summed E-state index contributed by atoms with van der Waals surface area (Å²) in [5.74, 6) is -0.470. The van der Waals surface area contributed by atoms with Gasteiger partial charge in [0.2, 0.25) is 0 Å². The number of hydrogen-bond acceptors (Lipinski definition) is 2. The molecule has 0 amide bonds. The molecule has 0 radical (unpaired) electrons. The molecule has 0 saturated carbocycles. The molecule has 42 valence electrons. The van der Waals surface area contributed by atoms with E-state index in [2.05, 4.69) is 4.74 Å². The van der Waals surface area contributed by atoms with Gasteiger partial charge in [0.25, 0.3) is 0 Å². The van der Waals surface area contributed by atoms with Gasteiger partial charge in [0.05, 0.1) is 6.61 Å². The summed E-state index contributed by atoms with van der Waals surface area (Å²) in [5.41, 5.74) is 0. The van der Waals surface area contributed by atoms with Gasteiger partial charge in [-0.25, -0.2) is 0 Å². The first-order valence-corrected chi connectivity index (χ1v) is 2.03. The predicted molar refractivity (Wildman–Crippen MR) is 25.5 cm³/mol. The van der Waals surface area contributed by atoms with Crippen LogP contribution < -0.4 is 0 Å². The second kappa shape index (κ2) is 5.21. The van der Waals surface area contributed by atoms with Gasteiger partial charge < -0.3 is 9.53 Å². The smallest absolute Gasteiger partial charge is 0.167 e. The van der Waals surface area contributed by atoms with Crippen molar-refractivity contribution in [1.29, 1.82) is 0 Å². The zero-order valence-corrected chi connectivity index (χ0v) is 11.3. The van der Waals surface area contributed by atoms with Crippen LogP contribution in [0.15, 0.2) is 6.08 Å². The van der Waals surface area contributed by atoms with Crippen molar-refractivity contribution in [2.45, 2.75) is 6.92 Å². The molecule has 0 fully saturated rings. The SMILES string of the molecule is [CH-]=CC(=O)OCC.[Rf]. The molecule has 0 spiro atoms. The Morgan fingerprint density at radius 1 is 1.88 bits per heavy atom. The first-order chi connectivity index (χ1) is 3.31. The van der Waals surface area contributed by atoms with E-state index in [1.165, 1.54) is 0 Å². The van der Waals surface area contributed by atoms with E-state index in [0.29, 0.717) is 6.61 Å². The van der Waals surface area contributed by atoms with Crippen LogP contribution in [0.5, 0.6) is 0 Å². The quantitative estimate of drug-likeness (QED) is 0.405. The van der Waals surface area contributed by atoms with Crippen LogP contribution >= 0.6 is 0 Å². The largest absolute Gasteiger partial charge is 0.548 e. The molecule has 0 aliphatic carbocycles. The van der Waals surface area contributed by atoms with Crippen LogP contribution in [0.4, 0.5) is 0 Å². The van der Waals surface area contributed by atoms with Crippen LogP contribution in [0.2, 0.25) is 0 Å². The number of hydrogen-bond donors (Lipinski definition) is 0. The van der Waals surface area contributed by atoms with Crippen molar-refractivity contribution in [1.82, 2.24) is 0 Å². The Bertz CT molecular complexity index is 80.5. The maximum absolute atomic E-state index is 10.0. The predicted octanol–water partition coefficient (Wildman–Crippen LogP) is 0.539. The van der Waals surface area contributed by atoms with E-state index in [0.717, 1.165) is 6.08 Å². The van der Waals surface area contributed by atoms with Crippen LogP contribution in [0, 0.1) is 6.58 Å². The molecule has 0 saturated heterocycles. The third-order valence-corrected chi connectivity index (χ3v) is 0.423. The molecule has 2 nitrogen and oxygen atoms in total. The number of ether oxygens (including phenoxy) is 1. The van der Waals surface area contributed by atoms with E-state index in [1.807, 2.05) is 0 Å². The van der Waals surface area contributed by atoms with Gasteiger partial charge in [-0.2, -0.15) is 6.08 Å². The van der Waals surface area contributed by atoms with Gasteiger partial charge in [-0.15, -0.1) is 0 Å². The standard InChI is InChI=1S/C5H7O2.Rf/c1-3-5(6)7-4-2;/h1,3H,4H2,2H3;/q-1;. The molecule has 0 unspecified atom stereocenters. The van der Waals surface area contributed by atoms with E-state index in [-0.39, 0.29) is 0 Å². The van der Waals surface area contributed by atoms with Gasteiger partial charge in [0.1, 0.15) is 0 Å². The molecule has 3 heteroatoms. The van der Waals surface area contributed by atoms with E-state index in [9.17, 15) is 4.79 Å². The summed E-state index contributed by atoms with van der Waals surface area (Å²) < 4.78 is 4.37. The molecule has 0 atom stereocenters. The molecule has 0 bridgehead atoms. The minimum atomic E-state index is -0.470. The third-order valence-electron chi connectivity index (χ3n) is 0.423. The molecule has 0 rings (SSSR count). The van der Waals surface area contributed by atoms with Crippen LogP contribution in [0.25, 0.3) is 0 Å². The Labute approximate surface area is 42.8 Å². The molecule has 0 aromatic rings. The average Bonchev–Trinajstić information content (AvgIpc) is 1.68. The van der Waals surface area contributed by atoms with Crippen molar-refractivity contribution in [3.8, 4) is 0 Å². The minimum Gasteiger partial charge on any atom is -0.548 e. The van der Waals surface area contributed by atoms with Crippen molar-refractivity contribution in [3.63, 3.8) is 0 Å². The van der Waals surface area contributed by atoms with Crippen molar-refractivity contribution in [3.05, 3.63) is 12.7 Å². The Morgan fingerprint density at radius 2 is 2.38 bits per heavy atom. The monoisotopic (exact) mass is 366 g/mol. The molecule has 0 aliphatic rings. The van der Waals surface area contributed by atoms with E-state index < -0.39 is 5.97 Å². The maximum Gasteiger partial charge on any atom is 0.167 e. The second-order valence-electron chi connectivity index (χ2n) is 0.919. The zero-order valence-electron chi connectivity index (χ0n) is 4.89. The summed E-state index contributed by atoms with van der Waals surface area (Å²) in [6.45, 7) is 6.86. The maximum atomic E-state index is 10.0. The van der Waals surface area contributed by atoms with Gasteiger partial charge in [-0.1, -0.05) is 0 Å². The summed E-state index contributed by atoms with van der Waals surface area (Å²) in [6.07, 6.45) is 0.892. The summed E-state index contributed by atoms with van der Waals surface area (Å²) in [4.78, 5) is 10.0. The molecule has 0 aromatic carbocycles. The fourth-order valence-corrected chi connectivity index (χ4v) is 0.190. The van der Waals surface area contributed by atoms with Gasteiger partial charge >= 0.3 is 0 Å². The topological polar surface area (TPSA) is 26.3 Å². The van der Waals surface area contributed by atoms with E-state index in [4.69, 9.17) is 6.58 Å². The third kappa shape index (κ3) is 4.21. The van der Waals surface area contributed by atoms with Gasteiger partial charge in [-0.05, 0) is 6.92 Å². The van der Waals surface area contributed by atoms with Crippen molar-refractivity contribution in [2.75, 3.05) is 6.61 Å². The molecular formula is C5H7O2Rf-. The Hall–Kier alpha value is -1.79. The number of rotatable bonds is 2. The van der Waals surface area contributed by atoms with E-state index in [1.54, 1.807) is 6.92 Å². The summed E-state index contributed by atoms with van der Waals surface area (Å²) in [6, 6.07) is 0. The Balaban J connectivity index is 0. The summed E-state index contributed by atoms with van der Waals surface area (Å²) in [7, 11) is 0. The number of esters is 1. The van der Waals surface area contributed by atoms with Crippen LogP contribution in [0.1, 0.15) is 6.92 Å². The van der Waals surface area contributed by atoms with Crippen LogP contribution in [0.3, 0.4) is 0 Å². The van der Waals surface area contributed by atoms with Crippen LogP contribution in [-0.4, -0.2) is 12.6 Å². The van der Waals surface area contributed by atoms with Gasteiger partial charge in [0, 0.05) is 0 Å². The molecule has 0 aliphatic heterocycles. The van der Waals surface area contributed by atoms with Gasteiger partial charge in [-0.3, -0.25) is 6.58 Å². The molecule has 0 aromatic heterocycles. The van der Waals surface area contributed by atoms with Gasteiger partial charge in [0.15, 0.2) is 5.97 Å². The minimum absolute atomic E-state index is 0.